The predicted molar refractivity (Wildman–Crippen MR) is 73.8 cm³/mol. The van der Waals surface area contributed by atoms with Crippen molar-refractivity contribution in [1.29, 1.82) is 0 Å². The summed E-state index contributed by atoms with van der Waals surface area (Å²) in [6.45, 7) is 11.8. The van der Waals surface area contributed by atoms with Gasteiger partial charge in [0.25, 0.3) is 5.95 Å². The molecule has 0 amide bonds. The van der Waals surface area contributed by atoms with Crippen LogP contribution in [0.5, 0.6) is 0 Å². The molecular formula is C10H19N11. The fourth-order valence-corrected chi connectivity index (χ4v) is 1.19. The van der Waals surface area contributed by atoms with Crippen LogP contribution in [0.15, 0.2) is 10.3 Å². The van der Waals surface area contributed by atoms with Gasteiger partial charge in [-0.15, -0.1) is 10.2 Å². The van der Waals surface area contributed by atoms with Gasteiger partial charge in [-0.05, 0) is 52.0 Å². The normalized spacial score (nSPS) is 13.0. The fourth-order valence-electron chi connectivity index (χ4n) is 1.19. The minimum absolute atomic E-state index is 0.153. The van der Waals surface area contributed by atoms with Crippen LogP contribution in [0.3, 0.4) is 0 Å². The van der Waals surface area contributed by atoms with E-state index in [1.807, 2.05) is 41.5 Å². The quantitative estimate of drug-likeness (QED) is 0.667. The summed E-state index contributed by atoms with van der Waals surface area (Å²) in [5.74, 6) is 0.400. The van der Waals surface area contributed by atoms with Gasteiger partial charge >= 0.3 is 5.95 Å². The van der Waals surface area contributed by atoms with Crippen LogP contribution in [-0.4, -0.2) is 40.4 Å². The highest BCUT2D eigenvalue weighted by atomic mass is 15.7. The van der Waals surface area contributed by atoms with E-state index < -0.39 is 0 Å². The highest BCUT2D eigenvalue weighted by molar-refractivity contribution is 5.17. The van der Waals surface area contributed by atoms with Crippen LogP contribution in [0.1, 0.15) is 41.5 Å². The molecule has 21 heavy (non-hydrogen) atoms. The van der Waals surface area contributed by atoms with Gasteiger partial charge in [0.15, 0.2) is 0 Å². The summed E-state index contributed by atoms with van der Waals surface area (Å²) in [7, 11) is 0. The molecule has 0 aliphatic carbocycles. The van der Waals surface area contributed by atoms with E-state index in [4.69, 9.17) is 0 Å². The Hall–Kier alpha value is -2.46. The molecule has 11 nitrogen and oxygen atoms in total. The Morgan fingerprint density at radius 1 is 0.857 bits per heavy atom. The average molecular weight is 293 g/mol. The third-order valence-electron chi connectivity index (χ3n) is 2.31. The van der Waals surface area contributed by atoms with E-state index in [2.05, 4.69) is 46.6 Å². The second-order valence-corrected chi connectivity index (χ2v) is 6.43. The highest BCUT2D eigenvalue weighted by Gasteiger charge is 2.17. The molecule has 2 heterocycles. The van der Waals surface area contributed by atoms with Gasteiger partial charge in [0, 0.05) is 0 Å². The number of anilines is 1. The summed E-state index contributed by atoms with van der Waals surface area (Å²) in [5, 5.41) is 31.1. The van der Waals surface area contributed by atoms with Crippen molar-refractivity contribution in [3.8, 4) is 0 Å². The first-order valence-corrected chi connectivity index (χ1v) is 6.44. The molecule has 114 valence electrons. The van der Waals surface area contributed by atoms with Gasteiger partial charge < -0.3 is 0 Å². The fraction of sp³-hybridized carbons (Fsp3) is 0.800. The first-order valence-electron chi connectivity index (χ1n) is 6.44. The lowest BCUT2D eigenvalue weighted by molar-refractivity contribution is 0.306. The second-order valence-electron chi connectivity index (χ2n) is 6.43. The van der Waals surface area contributed by atoms with E-state index in [9.17, 15) is 0 Å². The standard InChI is InChI=1S/C10H19N11/c1-9(2,3)20-15-7(13-18-20)11-17-12-8-14-19-21(16-8)10(4,5)6/h1-6H3,(H,11,12,15,16). The molecule has 0 aliphatic rings. The number of tetrazole rings is 2. The van der Waals surface area contributed by atoms with Gasteiger partial charge in [-0.1, -0.05) is 20.5 Å². The van der Waals surface area contributed by atoms with E-state index >= 15 is 0 Å². The van der Waals surface area contributed by atoms with Crippen molar-refractivity contribution in [3.63, 3.8) is 0 Å². The van der Waals surface area contributed by atoms with Crippen molar-refractivity contribution in [2.45, 2.75) is 52.6 Å². The molecule has 0 aromatic carbocycles. The van der Waals surface area contributed by atoms with Crippen LogP contribution in [0.4, 0.5) is 11.9 Å². The molecule has 0 saturated heterocycles. The monoisotopic (exact) mass is 293 g/mol. The zero-order valence-electron chi connectivity index (χ0n) is 13.0. The van der Waals surface area contributed by atoms with Crippen molar-refractivity contribution >= 4 is 11.9 Å². The molecular weight excluding hydrogens is 274 g/mol. The smallest absolute Gasteiger partial charge is 0.223 e. The largest absolute Gasteiger partial charge is 0.309 e. The summed E-state index contributed by atoms with van der Waals surface area (Å²) in [5.41, 5.74) is 2.06. The van der Waals surface area contributed by atoms with E-state index in [1.165, 1.54) is 9.59 Å². The molecule has 0 fully saturated rings. The minimum atomic E-state index is -0.259. The molecule has 0 saturated carbocycles. The Morgan fingerprint density at radius 3 is 1.95 bits per heavy atom. The molecule has 0 unspecified atom stereocenters. The topological polar surface area (TPSA) is 124 Å². The van der Waals surface area contributed by atoms with Gasteiger partial charge in [-0.3, -0.25) is 0 Å². The van der Waals surface area contributed by atoms with Crippen molar-refractivity contribution in [2.75, 3.05) is 5.43 Å². The Labute approximate surface area is 121 Å². The van der Waals surface area contributed by atoms with Crippen LogP contribution in [0.25, 0.3) is 0 Å². The molecule has 0 bridgehead atoms. The predicted octanol–water partition coefficient (Wildman–Crippen LogP) is 1.28. The molecule has 1 N–H and O–H groups in total. The minimum Gasteiger partial charge on any atom is -0.223 e. The van der Waals surface area contributed by atoms with E-state index in [-0.39, 0.29) is 23.0 Å². The molecule has 0 radical (unpaired) electrons. The van der Waals surface area contributed by atoms with Crippen molar-refractivity contribution in [2.24, 2.45) is 10.3 Å². The lowest BCUT2D eigenvalue weighted by atomic mass is 10.1. The van der Waals surface area contributed by atoms with E-state index in [0.29, 0.717) is 0 Å². The maximum absolute atomic E-state index is 4.13. The number of nitrogens with one attached hydrogen (secondary N) is 1. The summed E-state index contributed by atoms with van der Waals surface area (Å²) in [6.07, 6.45) is 0. The molecule has 0 spiro atoms. The third kappa shape index (κ3) is 3.77. The van der Waals surface area contributed by atoms with Crippen LogP contribution < -0.4 is 5.43 Å². The van der Waals surface area contributed by atoms with Crippen molar-refractivity contribution < 1.29 is 0 Å². The average Bonchev–Trinajstić information content (AvgIpc) is 2.95. The Kier molecular flexibility index (Phi) is 3.66. The summed E-state index contributed by atoms with van der Waals surface area (Å²) < 4.78 is 0. The van der Waals surface area contributed by atoms with Gasteiger partial charge in [-0.25, -0.2) is 5.43 Å². The number of hydrogen-bond acceptors (Lipinski definition) is 8. The van der Waals surface area contributed by atoms with Crippen LogP contribution in [0, 0.1) is 0 Å². The number of aromatic nitrogens is 8. The molecule has 2 aromatic rings. The van der Waals surface area contributed by atoms with Crippen LogP contribution in [-0.2, 0) is 11.1 Å². The van der Waals surface area contributed by atoms with E-state index in [1.54, 1.807) is 0 Å². The zero-order chi connectivity index (χ0) is 15.7. The highest BCUT2D eigenvalue weighted by Crippen LogP contribution is 2.12. The third-order valence-corrected chi connectivity index (χ3v) is 2.31. The van der Waals surface area contributed by atoms with Gasteiger partial charge in [-0.2, -0.15) is 9.59 Å². The summed E-state index contributed by atoms with van der Waals surface area (Å²) in [6, 6.07) is 0. The molecule has 0 aliphatic heterocycles. The van der Waals surface area contributed by atoms with Crippen molar-refractivity contribution in [3.05, 3.63) is 0 Å². The molecule has 2 aromatic heterocycles. The molecule has 2 rings (SSSR count). The second kappa shape index (κ2) is 5.14. The maximum atomic E-state index is 4.13. The molecule has 11 heteroatoms. The lowest BCUT2D eigenvalue weighted by Crippen LogP contribution is -2.24. The first-order chi connectivity index (χ1) is 9.66. The van der Waals surface area contributed by atoms with E-state index in [0.717, 1.165) is 0 Å². The number of nitrogens with zero attached hydrogens (tertiary/aromatic N) is 10. The number of hydrogen-bond donors (Lipinski definition) is 1. The molecule has 0 atom stereocenters. The van der Waals surface area contributed by atoms with Crippen LogP contribution in [0.2, 0.25) is 0 Å². The van der Waals surface area contributed by atoms with Gasteiger partial charge in [0.2, 0.25) is 0 Å². The van der Waals surface area contributed by atoms with Crippen LogP contribution >= 0.6 is 0 Å². The lowest BCUT2D eigenvalue weighted by Gasteiger charge is -2.14. The SMILES string of the molecule is CC(C)(C)n1nnc(N=NNc2nnn(C(C)(C)C)n2)n1. The Bertz CT molecular complexity index is 624. The van der Waals surface area contributed by atoms with Gasteiger partial charge in [0.1, 0.15) is 0 Å². The zero-order valence-corrected chi connectivity index (χ0v) is 13.0. The first kappa shape index (κ1) is 14.9. The number of rotatable bonds is 3. The maximum Gasteiger partial charge on any atom is 0.309 e. The Balaban J connectivity index is 2.00. The summed E-state index contributed by atoms with van der Waals surface area (Å²) >= 11 is 0. The van der Waals surface area contributed by atoms with Gasteiger partial charge in [0.05, 0.1) is 11.1 Å². The summed E-state index contributed by atoms with van der Waals surface area (Å²) in [4.78, 5) is 2.95. The Morgan fingerprint density at radius 2 is 1.43 bits per heavy atom. The van der Waals surface area contributed by atoms with Crippen molar-refractivity contribution in [1.82, 2.24) is 40.4 Å².